The van der Waals surface area contributed by atoms with Crippen LogP contribution in [0.5, 0.6) is 0 Å². The van der Waals surface area contributed by atoms with Crippen LogP contribution in [0.3, 0.4) is 0 Å². The zero-order valence-electron chi connectivity index (χ0n) is 10.7. The summed E-state index contributed by atoms with van der Waals surface area (Å²) >= 11 is 1.07. The predicted molar refractivity (Wildman–Crippen MR) is 76.6 cm³/mol. The minimum Gasteiger partial charge on any atom is -0.342 e. The first-order valence-corrected chi connectivity index (χ1v) is 7.06. The Morgan fingerprint density at radius 1 is 1.14 bits per heavy atom. The number of nitrogens with zero attached hydrogens (tertiary/aromatic N) is 1. The number of thiophene rings is 1. The van der Waals surface area contributed by atoms with E-state index in [1.807, 2.05) is 0 Å². The van der Waals surface area contributed by atoms with Gasteiger partial charge in [-0.05, 0) is 18.2 Å². The van der Waals surface area contributed by atoms with Crippen molar-refractivity contribution in [2.75, 3.05) is 0 Å². The van der Waals surface area contributed by atoms with Crippen molar-refractivity contribution in [1.82, 2.24) is 4.57 Å². The molecular formula is C15H10F3NOS. The van der Waals surface area contributed by atoms with Gasteiger partial charge in [0.2, 0.25) is 0 Å². The summed E-state index contributed by atoms with van der Waals surface area (Å²) in [5, 5.41) is 1.67. The SMILES string of the molecule is O=c1ccn(Cc2cc(C(F)(F)F)cs2)c2ccccc12. The molecule has 2 nitrogen and oxygen atoms in total. The molecule has 108 valence electrons. The maximum absolute atomic E-state index is 12.6. The second-order valence-electron chi connectivity index (χ2n) is 4.62. The first kappa shape index (κ1) is 13.9. The van der Waals surface area contributed by atoms with Gasteiger partial charge in [0.1, 0.15) is 0 Å². The van der Waals surface area contributed by atoms with Crippen LogP contribution in [0.2, 0.25) is 0 Å². The number of halogens is 3. The van der Waals surface area contributed by atoms with Crippen LogP contribution in [0.25, 0.3) is 10.9 Å². The summed E-state index contributed by atoms with van der Waals surface area (Å²) in [7, 11) is 0. The number of hydrogen-bond donors (Lipinski definition) is 0. The summed E-state index contributed by atoms with van der Waals surface area (Å²) in [6, 6.07) is 9.64. The third kappa shape index (κ3) is 2.71. The normalized spacial score (nSPS) is 12.0. The Morgan fingerprint density at radius 3 is 2.62 bits per heavy atom. The molecule has 0 amide bonds. The third-order valence-electron chi connectivity index (χ3n) is 3.19. The lowest BCUT2D eigenvalue weighted by Gasteiger charge is -2.09. The molecule has 21 heavy (non-hydrogen) atoms. The van der Waals surface area contributed by atoms with Crippen LogP contribution in [0, 0.1) is 0 Å². The lowest BCUT2D eigenvalue weighted by atomic mass is 10.2. The van der Waals surface area contributed by atoms with Crippen LogP contribution >= 0.6 is 11.3 Å². The predicted octanol–water partition coefficient (Wildman–Crippen LogP) is 4.13. The topological polar surface area (TPSA) is 22.0 Å². The van der Waals surface area contributed by atoms with Gasteiger partial charge in [0.15, 0.2) is 5.43 Å². The summed E-state index contributed by atoms with van der Waals surface area (Å²) in [4.78, 5) is 12.4. The monoisotopic (exact) mass is 309 g/mol. The quantitative estimate of drug-likeness (QED) is 0.697. The van der Waals surface area contributed by atoms with Gasteiger partial charge in [-0.25, -0.2) is 0 Å². The molecule has 2 aromatic heterocycles. The fourth-order valence-corrected chi connectivity index (χ4v) is 3.07. The van der Waals surface area contributed by atoms with Gasteiger partial charge in [-0.3, -0.25) is 4.79 Å². The van der Waals surface area contributed by atoms with E-state index in [4.69, 9.17) is 0 Å². The van der Waals surface area contributed by atoms with Crippen molar-refractivity contribution in [2.24, 2.45) is 0 Å². The zero-order valence-corrected chi connectivity index (χ0v) is 11.5. The van der Waals surface area contributed by atoms with Gasteiger partial charge in [0.05, 0.1) is 17.6 Å². The molecule has 6 heteroatoms. The first-order chi connectivity index (χ1) is 9.95. The molecule has 0 unspecified atom stereocenters. The van der Waals surface area contributed by atoms with E-state index in [-0.39, 0.29) is 5.43 Å². The van der Waals surface area contributed by atoms with Crippen LogP contribution < -0.4 is 5.43 Å². The number of aromatic nitrogens is 1. The smallest absolute Gasteiger partial charge is 0.342 e. The molecular weight excluding hydrogens is 299 g/mol. The van der Waals surface area contributed by atoms with E-state index in [2.05, 4.69) is 0 Å². The Balaban J connectivity index is 2.01. The van der Waals surface area contributed by atoms with Crippen molar-refractivity contribution >= 4 is 22.2 Å². The number of benzene rings is 1. The minimum absolute atomic E-state index is 0.0935. The average molecular weight is 309 g/mol. The van der Waals surface area contributed by atoms with Gasteiger partial charge >= 0.3 is 6.18 Å². The van der Waals surface area contributed by atoms with Crippen molar-refractivity contribution in [1.29, 1.82) is 0 Å². The molecule has 0 radical (unpaired) electrons. The highest BCUT2D eigenvalue weighted by atomic mass is 32.1. The Labute approximate surface area is 122 Å². The molecule has 0 atom stereocenters. The van der Waals surface area contributed by atoms with E-state index >= 15 is 0 Å². The van der Waals surface area contributed by atoms with Crippen molar-refractivity contribution in [3.05, 3.63) is 68.6 Å². The van der Waals surface area contributed by atoms with Crippen LogP contribution in [0.1, 0.15) is 10.4 Å². The van der Waals surface area contributed by atoms with E-state index in [0.717, 1.165) is 22.8 Å². The molecule has 1 aromatic carbocycles. The van der Waals surface area contributed by atoms with Crippen molar-refractivity contribution < 1.29 is 13.2 Å². The van der Waals surface area contributed by atoms with Gasteiger partial charge in [-0.2, -0.15) is 13.2 Å². The maximum Gasteiger partial charge on any atom is 0.417 e. The highest BCUT2D eigenvalue weighted by molar-refractivity contribution is 7.10. The van der Waals surface area contributed by atoms with Crippen molar-refractivity contribution in [2.45, 2.75) is 12.7 Å². The van der Waals surface area contributed by atoms with Crippen LogP contribution in [0.4, 0.5) is 13.2 Å². The number of fused-ring (bicyclic) bond motifs is 1. The van der Waals surface area contributed by atoms with Gasteiger partial charge in [0.25, 0.3) is 0 Å². The molecule has 0 spiro atoms. The summed E-state index contributed by atoms with van der Waals surface area (Å²) in [5.41, 5.74) is -0.0104. The Bertz CT molecular complexity index is 848. The van der Waals surface area contributed by atoms with E-state index in [1.165, 1.54) is 6.07 Å². The molecule has 0 aliphatic carbocycles. The number of alkyl halides is 3. The summed E-state index contributed by atoms with van der Waals surface area (Å²) in [6.45, 7) is 0.307. The second-order valence-corrected chi connectivity index (χ2v) is 5.62. The van der Waals surface area contributed by atoms with E-state index < -0.39 is 11.7 Å². The fourth-order valence-electron chi connectivity index (χ4n) is 2.18. The Kier molecular flexibility index (Phi) is 3.33. The Morgan fingerprint density at radius 2 is 1.90 bits per heavy atom. The average Bonchev–Trinajstić information content (AvgIpc) is 2.91. The molecule has 0 saturated heterocycles. The largest absolute Gasteiger partial charge is 0.417 e. The summed E-state index contributed by atoms with van der Waals surface area (Å²) < 4.78 is 39.6. The second kappa shape index (κ2) is 5.04. The van der Waals surface area contributed by atoms with E-state index in [9.17, 15) is 18.0 Å². The molecule has 0 bridgehead atoms. The molecule has 0 N–H and O–H groups in total. The van der Waals surface area contributed by atoms with Crippen molar-refractivity contribution in [3.8, 4) is 0 Å². The Hall–Kier alpha value is -2.08. The summed E-state index contributed by atoms with van der Waals surface area (Å²) in [5.74, 6) is 0. The minimum atomic E-state index is -4.32. The van der Waals surface area contributed by atoms with Gasteiger partial charge in [-0.1, -0.05) is 12.1 Å². The molecule has 3 rings (SSSR count). The maximum atomic E-state index is 12.6. The number of pyridine rings is 1. The highest BCUT2D eigenvalue weighted by Crippen LogP contribution is 2.33. The van der Waals surface area contributed by atoms with Crippen LogP contribution in [-0.4, -0.2) is 4.57 Å². The number of rotatable bonds is 2. The van der Waals surface area contributed by atoms with Crippen LogP contribution in [-0.2, 0) is 12.7 Å². The summed E-state index contributed by atoms with van der Waals surface area (Å²) in [6.07, 6.45) is -2.71. The van der Waals surface area contributed by atoms with Gasteiger partial charge in [-0.15, -0.1) is 11.3 Å². The lowest BCUT2D eigenvalue weighted by Crippen LogP contribution is -2.08. The first-order valence-electron chi connectivity index (χ1n) is 6.18. The standard InChI is InChI=1S/C15H10F3NOS/c16-15(17,18)10-7-11(21-9-10)8-19-6-5-14(20)12-3-1-2-4-13(12)19/h1-7,9H,8H2. The lowest BCUT2D eigenvalue weighted by molar-refractivity contribution is -0.137. The van der Waals surface area contributed by atoms with Crippen molar-refractivity contribution in [3.63, 3.8) is 0 Å². The molecule has 0 fully saturated rings. The van der Waals surface area contributed by atoms with Gasteiger partial charge in [0, 0.05) is 27.9 Å². The molecule has 0 aliphatic rings. The van der Waals surface area contributed by atoms with Crippen LogP contribution in [0.15, 0.2) is 52.8 Å². The third-order valence-corrected chi connectivity index (χ3v) is 4.11. The highest BCUT2D eigenvalue weighted by Gasteiger charge is 2.31. The fraction of sp³-hybridized carbons (Fsp3) is 0.133. The number of hydrogen-bond acceptors (Lipinski definition) is 2. The molecule has 3 aromatic rings. The number of para-hydroxylation sites is 1. The van der Waals surface area contributed by atoms with Gasteiger partial charge < -0.3 is 4.57 Å². The van der Waals surface area contributed by atoms with E-state index in [0.29, 0.717) is 22.3 Å². The molecule has 2 heterocycles. The zero-order chi connectivity index (χ0) is 15.0. The molecule has 0 aliphatic heterocycles. The van der Waals surface area contributed by atoms with E-state index in [1.54, 1.807) is 35.0 Å². The molecule has 0 saturated carbocycles.